The molecule has 198 valence electrons. The Morgan fingerprint density at radius 2 is 1.67 bits per heavy atom. The number of hydrogen-bond acceptors (Lipinski definition) is 4. The van der Waals surface area contributed by atoms with Crippen molar-refractivity contribution in [2.24, 2.45) is 11.3 Å². The van der Waals surface area contributed by atoms with Crippen molar-refractivity contribution in [3.63, 3.8) is 0 Å². The number of halogens is 5. The maximum atomic E-state index is 14.3. The fourth-order valence-corrected chi connectivity index (χ4v) is 5.12. The molecule has 36 heavy (non-hydrogen) atoms. The lowest BCUT2D eigenvalue weighted by Gasteiger charge is -2.31. The predicted molar refractivity (Wildman–Crippen MR) is 129 cm³/mol. The van der Waals surface area contributed by atoms with Crippen molar-refractivity contribution < 1.29 is 27.9 Å². The van der Waals surface area contributed by atoms with Crippen LogP contribution in [0, 0.1) is 11.3 Å². The molecule has 0 saturated heterocycles. The summed E-state index contributed by atoms with van der Waals surface area (Å²) in [5.74, 6) is -2.32. The van der Waals surface area contributed by atoms with Gasteiger partial charge in [0.05, 0.1) is 33.8 Å². The Hall–Kier alpha value is -2.33. The minimum absolute atomic E-state index is 0.0890. The second kappa shape index (κ2) is 11.0. The molecule has 1 fully saturated rings. The summed E-state index contributed by atoms with van der Waals surface area (Å²) in [6, 6.07) is -0.635. The van der Waals surface area contributed by atoms with Crippen LogP contribution in [-0.2, 0) is 17.4 Å². The molecule has 1 saturated carbocycles. The Morgan fingerprint density at radius 3 is 2.17 bits per heavy atom. The quantitative estimate of drug-likeness (QED) is 0.448. The number of carbonyl (C=O) groups excluding carboxylic acids is 1. The smallest absolute Gasteiger partial charge is 0.433 e. The molecule has 0 spiro atoms. The zero-order valence-electron chi connectivity index (χ0n) is 20.3. The molecule has 1 aliphatic rings. The minimum atomic E-state index is -4.82. The standard InChI is InChI=1S/C24H29Cl2F3N4O3/c1-23(2,3)13-32(9-8-16-18(25)11-30-12-19(16)26)21(34)17-10-31-33(20(17)24(27,28)29)15-6-4-14(5-7-15)22(35)36/h10-12,14-15H,4-9,13H2,1-3H3,(H,35,36). The number of amides is 1. The molecule has 3 rings (SSSR count). The molecule has 2 aromatic rings. The topological polar surface area (TPSA) is 88.3 Å². The van der Waals surface area contributed by atoms with Crippen LogP contribution in [0.3, 0.4) is 0 Å². The fourth-order valence-electron chi connectivity index (χ4n) is 4.56. The van der Waals surface area contributed by atoms with Crippen molar-refractivity contribution in [1.82, 2.24) is 19.7 Å². The molecule has 0 aromatic carbocycles. The zero-order chi connectivity index (χ0) is 26.8. The highest BCUT2D eigenvalue weighted by molar-refractivity contribution is 6.35. The lowest BCUT2D eigenvalue weighted by Crippen LogP contribution is -2.40. The number of nitrogens with zero attached hydrogens (tertiary/aromatic N) is 4. The van der Waals surface area contributed by atoms with Gasteiger partial charge in [0.15, 0.2) is 5.69 Å². The number of aromatic nitrogens is 3. The van der Waals surface area contributed by atoms with E-state index in [1.807, 2.05) is 20.8 Å². The van der Waals surface area contributed by atoms with Crippen molar-refractivity contribution in [2.45, 2.75) is 65.1 Å². The summed E-state index contributed by atoms with van der Waals surface area (Å²) in [5, 5.41) is 13.8. The second-order valence-corrected chi connectivity index (χ2v) is 11.1. The van der Waals surface area contributed by atoms with Crippen LogP contribution < -0.4 is 0 Å². The number of alkyl halides is 3. The van der Waals surface area contributed by atoms with E-state index >= 15 is 0 Å². The Labute approximate surface area is 217 Å². The minimum Gasteiger partial charge on any atom is -0.481 e. The summed E-state index contributed by atoms with van der Waals surface area (Å²) in [4.78, 5) is 30.0. The third-order valence-electron chi connectivity index (χ3n) is 6.22. The van der Waals surface area contributed by atoms with Crippen LogP contribution in [0.15, 0.2) is 18.6 Å². The summed E-state index contributed by atoms with van der Waals surface area (Å²) < 4.78 is 43.6. The zero-order valence-corrected chi connectivity index (χ0v) is 21.8. The molecule has 0 radical (unpaired) electrons. The normalized spacial score (nSPS) is 18.8. The summed E-state index contributed by atoms with van der Waals surface area (Å²) in [6.45, 7) is 5.93. The summed E-state index contributed by atoms with van der Waals surface area (Å²) in [5.41, 5.74) is -1.48. The third kappa shape index (κ3) is 6.70. The highest BCUT2D eigenvalue weighted by atomic mass is 35.5. The predicted octanol–water partition coefficient (Wildman–Crippen LogP) is 6.15. The Morgan fingerprint density at radius 1 is 1.08 bits per heavy atom. The van der Waals surface area contributed by atoms with Gasteiger partial charge in [0.2, 0.25) is 0 Å². The van der Waals surface area contributed by atoms with Gasteiger partial charge in [-0.1, -0.05) is 44.0 Å². The molecule has 1 N–H and O–H groups in total. The van der Waals surface area contributed by atoms with Gasteiger partial charge in [0.25, 0.3) is 5.91 Å². The summed E-state index contributed by atoms with van der Waals surface area (Å²) in [6.07, 6.45) is 0.199. The average molecular weight is 549 g/mol. The largest absolute Gasteiger partial charge is 0.481 e. The van der Waals surface area contributed by atoms with Crippen molar-refractivity contribution in [3.8, 4) is 0 Å². The molecule has 1 aliphatic carbocycles. The number of carboxylic acids is 1. The number of carbonyl (C=O) groups is 2. The fraction of sp³-hybridized carbons (Fsp3) is 0.583. The van der Waals surface area contributed by atoms with E-state index in [0.29, 0.717) is 15.6 Å². The van der Waals surface area contributed by atoms with Gasteiger partial charge in [0.1, 0.15) is 0 Å². The number of aliphatic carboxylic acids is 1. The Balaban J connectivity index is 1.92. The van der Waals surface area contributed by atoms with Crippen LogP contribution in [-0.4, -0.2) is 49.7 Å². The van der Waals surface area contributed by atoms with Crippen molar-refractivity contribution in [3.05, 3.63) is 45.5 Å². The van der Waals surface area contributed by atoms with E-state index in [0.717, 1.165) is 10.9 Å². The Bertz CT molecular complexity index is 1090. The average Bonchev–Trinajstić information content (AvgIpc) is 3.22. The monoisotopic (exact) mass is 548 g/mol. The van der Waals surface area contributed by atoms with Gasteiger partial charge in [0, 0.05) is 25.5 Å². The van der Waals surface area contributed by atoms with E-state index in [1.165, 1.54) is 17.3 Å². The summed E-state index contributed by atoms with van der Waals surface area (Å²) >= 11 is 12.4. The molecule has 2 heterocycles. The molecule has 0 aliphatic heterocycles. The second-order valence-electron chi connectivity index (χ2n) is 10.3. The lowest BCUT2D eigenvalue weighted by atomic mass is 9.86. The Kier molecular flexibility index (Phi) is 8.60. The van der Waals surface area contributed by atoms with Gasteiger partial charge < -0.3 is 10.0 Å². The van der Waals surface area contributed by atoms with Crippen molar-refractivity contribution in [2.75, 3.05) is 13.1 Å². The van der Waals surface area contributed by atoms with E-state index in [9.17, 15) is 27.9 Å². The van der Waals surface area contributed by atoms with E-state index in [2.05, 4.69) is 10.1 Å². The van der Waals surface area contributed by atoms with E-state index in [4.69, 9.17) is 23.2 Å². The van der Waals surface area contributed by atoms with Gasteiger partial charge in [-0.05, 0) is 43.1 Å². The SMILES string of the molecule is CC(C)(C)CN(CCc1c(Cl)cncc1Cl)C(=O)c1cnn(C2CCC(C(=O)O)CC2)c1C(F)(F)F. The number of hydrogen-bond donors (Lipinski definition) is 1. The van der Waals surface area contributed by atoms with Gasteiger partial charge in [-0.3, -0.25) is 19.3 Å². The molecule has 0 unspecified atom stereocenters. The van der Waals surface area contributed by atoms with E-state index in [-0.39, 0.29) is 45.2 Å². The first-order chi connectivity index (χ1) is 16.7. The molecular weight excluding hydrogens is 520 g/mol. The van der Waals surface area contributed by atoms with Gasteiger partial charge in [-0.2, -0.15) is 18.3 Å². The molecule has 12 heteroatoms. The van der Waals surface area contributed by atoms with Crippen LogP contribution in [0.25, 0.3) is 0 Å². The molecule has 0 bridgehead atoms. The molecule has 7 nitrogen and oxygen atoms in total. The first kappa shape index (κ1) is 28.2. The first-order valence-corrected chi connectivity index (χ1v) is 12.4. The first-order valence-electron chi connectivity index (χ1n) is 11.6. The van der Waals surface area contributed by atoms with Gasteiger partial charge in [-0.15, -0.1) is 0 Å². The maximum Gasteiger partial charge on any atom is 0.433 e. The molecular formula is C24H29Cl2F3N4O3. The highest BCUT2D eigenvalue weighted by Gasteiger charge is 2.43. The van der Waals surface area contributed by atoms with Crippen LogP contribution in [0.4, 0.5) is 13.2 Å². The van der Waals surface area contributed by atoms with Crippen LogP contribution in [0.5, 0.6) is 0 Å². The molecule has 2 aromatic heterocycles. The number of rotatable bonds is 7. The maximum absolute atomic E-state index is 14.3. The van der Waals surface area contributed by atoms with E-state index in [1.54, 1.807) is 0 Å². The van der Waals surface area contributed by atoms with Crippen molar-refractivity contribution in [1.29, 1.82) is 0 Å². The van der Waals surface area contributed by atoms with Crippen molar-refractivity contribution >= 4 is 35.1 Å². The van der Waals surface area contributed by atoms with Gasteiger partial charge >= 0.3 is 12.1 Å². The number of pyridine rings is 1. The summed E-state index contributed by atoms with van der Waals surface area (Å²) in [7, 11) is 0. The van der Waals surface area contributed by atoms with Crippen LogP contribution >= 0.6 is 23.2 Å². The molecule has 1 amide bonds. The lowest BCUT2D eigenvalue weighted by molar-refractivity contribution is -0.147. The highest BCUT2D eigenvalue weighted by Crippen LogP contribution is 2.39. The third-order valence-corrected chi connectivity index (χ3v) is 6.87. The number of carboxylic acid groups (broad SMARTS) is 1. The van der Waals surface area contributed by atoms with Gasteiger partial charge in [-0.25, -0.2) is 0 Å². The van der Waals surface area contributed by atoms with E-state index < -0.39 is 46.7 Å². The van der Waals surface area contributed by atoms with Crippen LogP contribution in [0.1, 0.15) is 74.1 Å². The molecule has 0 atom stereocenters. The van der Waals surface area contributed by atoms with Crippen LogP contribution in [0.2, 0.25) is 10.0 Å².